The van der Waals surface area contributed by atoms with E-state index in [0.29, 0.717) is 5.41 Å². The van der Waals surface area contributed by atoms with E-state index >= 15 is 0 Å². The maximum absolute atomic E-state index is 3.71. The number of unbranched alkanes of at least 4 members (excludes halogenated alkanes) is 1. The Bertz CT molecular complexity index is 246. The molecule has 20 heavy (non-hydrogen) atoms. The van der Waals surface area contributed by atoms with E-state index in [2.05, 4.69) is 19.2 Å². The van der Waals surface area contributed by atoms with Gasteiger partial charge in [0.1, 0.15) is 0 Å². The van der Waals surface area contributed by atoms with Gasteiger partial charge in [-0.25, -0.2) is 0 Å². The van der Waals surface area contributed by atoms with E-state index in [1.807, 2.05) is 0 Å². The molecule has 2 rings (SSSR count). The molecular formula is C19H37N. The van der Waals surface area contributed by atoms with Crippen LogP contribution < -0.4 is 5.32 Å². The van der Waals surface area contributed by atoms with Gasteiger partial charge in [-0.3, -0.25) is 0 Å². The van der Waals surface area contributed by atoms with Crippen LogP contribution in [-0.2, 0) is 0 Å². The summed E-state index contributed by atoms with van der Waals surface area (Å²) < 4.78 is 0. The van der Waals surface area contributed by atoms with Crippen molar-refractivity contribution in [3.05, 3.63) is 0 Å². The van der Waals surface area contributed by atoms with Crippen LogP contribution in [0.3, 0.4) is 0 Å². The van der Waals surface area contributed by atoms with Gasteiger partial charge in [-0.05, 0) is 62.3 Å². The van der Waals surface area contributed by atoms with Crippen molar-refractivity contribution < 1.29 is 0 Å². The molecule has 0 aliphatic heterocycles. The first-order valence-corrected chi connectivity index (χ1v) is 9.51. The van der Waals surface area contributed by atoms with Crippen LogP contribution in [0.4, 0.5) is 0 Å². The molecule has 2 saturated carbocycles. The van der Waals surface area contributed by atoms with Gasteiger partial charge >= 0.3 is 0 Å². The summed E-state index contributed by atoms with van der Waals surface area (Å²) in [6, 6.07) is 0. The highest BCUT2D eigenvalue weighted by molar-refractivity contribution is 4.93. The smallest absolute Gasteiger partial charge is 0.00104 e. The van der Waals surface area contributed by atoms with Gasteiger partial charge in [0.05, 0.1) is 0 Å². The van der Waals surface area contributed by atoms with Crippen LogP contribution in [0.15, 0.2) is 0 Å². The van der Waals surface area contributed by atoms with Crippen molar-refractivity contribution in [2.45, 2.75) is 90.9 Å². The lowest BCUT2D eigenvalue weighted by atomic mass is 9.59. The summed E-state index contributed by atoms with van der Waals surface area (Å²) in [5.41, 5.74) is 0.666. The Hall–Kier alpha value is -0.0400. The molecule has 0 heterocycles. The molecule has 1 heteroatoms. The summed E-state index contributed by atoms with van der Waals surface area (Å²) in [4.78, 5) is 0. The largest absolute Gasteiger partial charge is 0.316 e. The van der Waals surface area contributed by atoms with Crippen molar-refractivity contribution in [3.63, 3.8) is 0 Å². The molecule has 2 aliphatic carbocycles. The molecular weight excluding hydrogens is 242 g/mol. The van der Waals surface area contributed by atoms with Crippen LogP contribution in [-0.4, -0.2) is 13.1 Å². The van der Waals surface area contributed by atoms with Crippen molar-refractivity contribution in [1.29, 1.82) is 0 Å². The normalized spacial score (nSPS) is 32.4. The van der Waals surface area contributed by atoms with E-state index in [1.54, 1.807) is 0 Å². The fourth-order valence-electron chi connectivity index (χ4n) is 4.85. The second kappa shape index (κ2) is 8.41. The molecule has 1 nitrogen and oxygen atoms in total. The van der Waals surface area contributed by atoms with Crippen LogP contribution in [0.5, 0.6) is 0 Å². The van der Waals surface area contributed by atoms with E-state index in [4.69, 9.17) is 0 Å². The van der Waals surface area contributed by atoms with Gasteiger partial charge in [0, 0.05) is 6.54 Å². The summed E-state index contributed by atoms with van der Waals surface area (Å²) in [5.74, 6) is 2.08. The summed E-state index contributed by atoms with van der Waals surface area (Å²) in [6.45, 7) is 7.05. The molecule has 0 aromatic heterocycles. The SMILES string of the molecule is CCCCC1CCC(CNCC)(C2CCCCC2)CC1. The van der Waals surface area contributed by atoms with Crippen LogP contribution in [0.1, 0.15) is 90.9 Å². The average Bonchev–Trinajstić information content (AvgIpc) is 2.53. The predicted molar refractivity (Wildman–Crippen MR) is 89.0 cm³/mol. The average molecular weight is 280 g/mol. The van der Waals surface area contributed by atoms with Crippen LogP contribution in [0.25, 0.3) is 0 Å². The number of hydrogen-bond donors (Lipinski definition) is 1. The van der Waals surface area contributed by atoms with Gasteiger partial charge in [0.25, 0.3) is 0 Å². The van der Waals surface area contributed by atoms with E-state index in [1.165, 1.54) is 83.6 Å². The first kappa shape index (κ1) is 16.3. The van der Waals surface area contributed by atoms with E-state index < -0.39 is 0 Å². The highest BCUT2D eigenvalue weighted by Gasteiger charge is 2.41. The fraction of sp³-hybridized carbons (Fsp3) is 1.00. The van der Waals surface area contributed by atoms with Crippen molar-refractivity contribution in [1.82, 2.24) is 5.32 Å². The molecule has 1 N–H and O–H groups in total. The molecule has 0 radical (unpaired) electrons. The molecule has 0 amide bonds. The maximum atomic E-state index is 3.71. The van der Waals surface area contributed by atoms with Crippen molar-refractivity contribution in [2.24, 2.45) is 17.3 Å². The topological polar surface area (TPSA) is 12.0 Å². The zero-order valence-electron chi connectivity index (χ0n) is 14.1. The van der Waals surface area contributed by atoms with Gasteiger partial charge < -0.3 is 5.32 Å². The molecule has 2 aliphatic rings. The molecule has 0 aromatic rings. The Morgan fingerprint density at radius 3 is 2.25 bits per heavy atom. The number of rotatable bonds is 7. The quantitative estimate of drug-likeness (QED) is 0.645. The van der Waals surface area contributed by atoms with Crippen LogP contribution >= 0.6 is 0 Å². The van der Waals surface area contributed by atoms with Crippen molar-refractivity contribution in [3.8, 4) is 0 Å². The lowest BCUT2D eigenvalue weighted by Gasteiger charge is -2.47. The minimum absolute atomic E-state index is 0.666. The Morgan fingerprint density at radius 2 is 1.65 bits per heavy atom. The van der Waals surface area contributed by atoms with E-state index in [-0.39, 0.29) is 0 Å². The molecule has 0 saturated heterocycles. The van der Waals surface area contributed by atoms with E-state index in [9.17, 15) is 0 Å². The lowest BCUT2D eigenvalue weighted by Crippen LogP contribution is -2.44. The Morgan fingerprint density at radius 1 is 0.950 bits per heavy atom. The Balaban J connectivity index is 1.91. The number of nitrogens with one attached hydrogen (secondary N) is 1. The summed E-state index contributed by atoms with van der Waals surface area (Å²) in [6.07, 6.45) is 17.9. The monoisotopic (exact) mass is 279 g/mol. The summed E-state index contributed by atoms with van der Waals surface area (Å²) >= 11 is 0. The van der Waals surface area contributed by atoms with Gasteiger partial charge in [0.15, 0.2) is 0 Å². The molecule has 118 valence electrons. The van der Waals surface area contributed by atoms with Gasteiger partial charge in [-0.1, -0.05) is 52.4 Å². The third-order valence-corrected chi connectivity index (χ3v) is 6.27. The van der Waals surface area contributed by atoms with Gasteiger partial charge in [-0.2, -0.15) is 0 Å². The molecule has 0 bridgehead atoms. The second-order valence-corrected chi connectivity index (χ2v) is 7.56. The fourth-order valence-corrected chi connectivity index (χ4v) is 4.85. The zero-order chi connectivity index (χ0) is 14.3. The molecule has 0 aromatic carbocycles. The minimum Gasteiger partial charge on any atom is -0.316 e. The van der Waals surface area contributed by atoms with Gasteiger partial charge in [0.2, 0.25) is 0 Å². The molecule has 0 spiro atoms. The highest BCUT2D eigenvalue weighted by atomic mass is 14.9. The summed E-state index contributed by atoms with van der Waals surface area (Å²) in [5, 5.41) is 3.71. The lowest BCUT2D eigenvalue weighted by molar-refractivity contribution is 0.0466. The van der Waals surface area contributed by atoms with Gasteiger partial charge in [-0.15, -0.1) is 0 Å². The van der Waals surface area contributed by atoms with E-state index in [0.717, 1.165) is 18.4 Å². The maximum Gasteiger partial charge on any atom is 0.00104 e. The minimum atomic E-state index is 0.666. The highest BCUT2D eigenvalue weighted by Crippen LogP contribution is 2.49. The first-order chi connectivity index (χ1) is 9.80. The van der Waals surface area contributed by atoms with Crippen LogP contribution in [0.2, 0.25) is 0 Å². The third-order valence-electron chi connectivity index (χ3n) is 6.27. The first-order valence-electron chi connectivity index (χ1n) is 9.51. The molecule has 0 unspecified atom stereocenters. The molecule has 2 fully saturated rings. The second-order valence-electron chi connectivity index (χ2n) is 7.56. The Kier molecular flexibility index (Phi) is 6.87. The number of hydrogen-bond acceptors (Lipinski definition) is 1. The zero-order valence-corrected chi connectivity index (χ0v) is 14.1. The van der Waals surface area contributed by atoms with Crippen molar-refractivity contribution in [2.75, 3.05) is 13.1 Å². The van der Waals surface area contributed by atoms with Crippen LogP contribution in [0, 0.1) is 17.3 Å². The summed E-state index contributed by atoms with van der Waals surface area (Å²) in [7, 11) is 0. The predicted octanol–water partition coefficient (Wildman–Crippen LogP) is 5.54. The molecule has 0 atom stereocenters. The standard InChI is InChI=1S/C19H37N/c1-3-5-9-17-12-14-19(15-13-17,16-20-4-2)18-10-7-6-8-11-18/h17-18,20H,3-16H2,1-2H3. The third kappa shape index (κ3) is 4.23. The Labute approximate surface area is 127 Å². The van der Waals surface area contributed by atoms with Crippen molar-refractivity contribution >= 4 is 0 Å².